The van der Waals surface area contributed by atoms with Gasteiger partial charge >= 0.3 is 0 Å². The van der Waals surface area contributed by atoms with Gasteiger partial charge in [-0.05, 0) is 37.5 Å². The number of benzene rings is 1. The molecule has 0 saturated heterocycles. The molecule has 1 aromatic carbocycles. The topological polar surface area (TPSA) is 58.0 Å². The Balaban J connectivity index is 2.01. The predicted octanol–water partition coefficient (Wildman–Crippen LogP) is 3.37. The van der Waals surface area contributed by atoms with E-state index >= 15 is 0 Å². The largest absolute Gasteiger partial charge is 0.396 e. The highest BCUT2D eigenvalue weighted by Crippen LogP contribution is 2.29. The highest BCUT2D eigenvalue weighted by Gasteiger charge is 2.07. The fourth-order valence-electron chi connectivity index (χ4n) is 1.54. The summed E-state index contributed by atoms with van der Waals surface area (Å²) in [6.45, 7) is 4.41. The standard InChI is InChI=1S/C13H17N3OS2/c1-9-5-3-6-11(10(9)2)14-12-15-16-13(19-12)18-8-4-7-17/h3,5-6,17H,4,7-8H2,1-2H3,(H,14,15). The molecule has 0 spiro atoms. The molecule has 1 aromatic heterocycles. The van der Waals surface area contributed by atoms with Gasteiger partial charge in [0.05, 0.1) is 0 Å². The van der Waals surface area contributed by atoms with E-state index in [-0.39, 0.29) is 6.61 Å². The molecule has 0 atom stereocenters. The Morgan fingerprint density at radius 2 is 2.16 bits per heavy atom. The number of aromatic nitrogens is 2. The molecular weight excluding hydrogens is 278 g/mol. The van der Waals surface area contributed by atoms with Crippen molar-refractivity contribution in [2.24, 2.45) is 0 Å². The van der Waals surface area contributed by atoms with Crippen molar-refractivity contribution in [2.45, 2.75) is 24.6 Å². The Morgan fingerprint density at radius 3 is 2.95 bits per heavy atom. The van der Waals surface area contributed by atoms with E-state index in [2.05, 4.69) is 35.4 Å². The van der Waals surface area contributed by atoms with Crippen molar-refractivity contribution in [1.82, 2.24) is 10.2 Å². The highest BCUT2D eigenvalue weighted by atomic mass is 32.2. The van der Waals surface area contributed by atoms with Gasteiger partial charge in [0.15, 0.2) is 4.34 Å². The number of thioether (sulfide) groups is 1. The quantitative estimate of drug-likeness (QED) is 0.632. The number of nitrogens with zero attached hydrogens (tertiary/aromatic N) is 2. The summed E-state index contributed by atoms with van der Waals surface area (Å²) >= 11 is 3.17. The number of aryl methyl sites for hydroxylation is 1. The van der Waals surface area contributed by atoms with Crippen LogP contribution in [0.15, 0.2) is 22.5 Å². The smallest absolute Gasteiger partial charge is 0.210 e. The van der Waals surface area contributed by atoms with Crippen LogP contribution in [0.1, 0.15) is 17.5 Å². The van der Waals surface area contributed by atoms with Gasteiger partial charge in [-0.25, -0.2) is 0 Å². The van der Waals surface area contributed by atoms with Gasteiger partial charge in [-0.15, -0.1) is 10.2 Å². The zero-order valence-electron chi connectivity index (χ0n) is 11.0. The van der Waals surface area contributed by atoms with Crippen LogP contribution in [0.5, 0.6) is 0 Å². The molecule has 4 nitrogen and oxygen atoms in total. The molecule has 0 radical (unpaired) electrons. The zero-order chi connectivity index (χ0) is 13.7. The maximum Gasteiger partial charge on any atom is 0.210 e. The lowest BCUT2D eigenvalue weighted by Crippen LogP contribution is -1.94. The Kier molecular flexibility index (Phi) is 5.18. The molecule has 0 unspecified atom stereocenters. The second kappa shape index (κ2) is 6.88. The van der Waals surface area contributed by atoms with Gasteiger partial charge in [0.1, 0.15) is 0 Å². The molecule has 2 rings (SSSR count). The second-order valence-electron chi connectivity index (χ2n) is 4.17. The maximum atomic E-state index is 8.74. The summed E-state index contributed by atoms with van der Waals surface area (Å²) in [5, 5.41) is 21.1. The molecule has 6 heteroatoms. The van der Waals surface area contributed by atoms with E-state index in [1.54, 1.807) is 23.1 Å². The van der Waals surface area contributed by atoms with E-state index in [1.807, 2.05) is 12.1 Å². The minimum Gasteiger partial charge on any atom is -0.396 e. The third-order valence-electron chi connectivity index (χ3n) is 2.78. The van der Waals surface area contributed by atoms with Crippen molar-refractivity contribution in [2.75, 3.05) is 17.7 Å². The van der Waals surface area contributed by atoms with Crippen LogP contribution < -0.4 is 5.32 Å². The first kappa shape index (κ1) is 14.3. The highest BCUT2D eigenvalue weighted by molar-refractivity contribution is 8.01. The molecule has 19 heavy (non-hydrogen) atoms. The Labute approximate surface area is 121 Å². The van der Waals surface area contributed by atoms with E-state index in [9.17, 15) is 0 Å². The summed E-state index contributed by atoms with van der Waals surface area (Å²) in [6, 6.07) is 6.17. The summed E-state index contributed by atoms with van der Waals surface area (Å²) in [6.07, 6.45) is 0.782. The van der Waals surface area contributed by atoms with Crippen LogP contribution in [-0.2, 0) is 0 Å². The number of hydrogen-bond donors (Lipinski definition) is 2. The zero-order valence-corrected chi connectivity index (χ0v) is 12.6. The SMILES string of the molecule is Cc1cccc(Nc2nnc(SCCCO)s2)c1C. The molecule has 0 aliphatic heterocycles. The van der Waals surface area contributed by atoms with Gasteiger partial charge in [0.2, 0.25) is 5.13 Å². The fourth-order valence-corrected chi connectivity index (χ4v) is 3.30. The molecule has 0 amide bonds. The van der Waals surface area contributed by atoms with Gasteiger partial charge in [-0.3, -0.25) is 0 Å². The van der Waals surface area contributed by atoms with Crippen LogP contribution in [-0.4, -0.2) is 27.7 Å². The van der Waals surface area contributed by atoms with Crippen molar-refractivity contribution < 1.29 is 5.11 Å². The van der Waals surface area contributed by atoms with E-state index < -0.39 is 0 Å². The average Bonchev–Trinajstić information content (AvgIpc) is 2.83. The number of rotatable bonds is 6. The number of aliphatic hydroxyl groups excluding tert-OH is 1. The summed E-state index contributed by atoms with van der Waals surface area (Å²) in [5.74, 6) is 0.870. The van der Waals surface area contributed by atoms with Crippen LogP contribution >= 0.6 is 23.1 Å². The van der Waals surface area contributed by atoms with Crippen LogP contribution in [0.3, 0.4) is 0 Å². The molecule has 0 aliphatic carbocycles. The molecule has 102 valence electrons. The average molecular weight is 295 g/mol. The van der Waals surface area contributed by atoms with Gasteiger partial charge in [-0.2, -0.15) is 0 Å². The summed E-state index contributed by atoms with van der Waals surface area (Å²) < 4.78 is 0.932. The molecule has 0 aliphatic rings. The summed E-state index contributed by atoms with van der Waals surface area (Å²) in [7, 11) is 0. The summed E-state index contributed by atoms with van der Waals surface area (Å²) in [5.41, 5.74) is 3.56. The Bertz CT molecular complexity index is 542. The lowest BCUT2D eigenvalue weighted by atomic mass is 10.1. The molecule has 2 N–H and O–H groups in total. The molecule has 0 fully saturated rings. The second-order valence-corrected chi connectivity index (χ2v) is 6.49. The number of hydrogen-bond acceptors (Lipinski definition) is 6. The molecule has 0 saturated carbocycles. The third-order valence-corrected chi connectivity index (χ3v) is 4.84. The molecule has 1 heterocycles. The minimum absolute atomic E-state index is 0.222. The molecular formula is C13H17N3OS2. The lowest BCUT2D eigenvalue weighted by Gasteiger charge is -2.08. The van der Waals surface area contributed by atoms with E-state index in [1.165, 1.54) is 11.1 Å². The predicted molar refractivity (Wildman–Crippen MR) is 81.5 cm³/mol. The Hall–Kier alpha value is -1.11. The number of nitrogens with one attached hydrogen (secondary N) is 1. The first-order valence-corrected chi connectivity index (χ1v) is 7.91. The maximum absolute atomic E-state index is 8.74. The number of aliphatic hydroxyl groups is 1. The molecule has 2 aromatic rings. The normalized spacial score (nSPS) is 10.7. The van der Waals surface area contributed by atoms with Crippen molar-refractivity contribution in [3.8, 4) is 0 Å². The van der Waals surface area contributed by atoms with Crippen LogP contribution in [0.2, 0.25) is 0 Å². The van der Waals surface area contributed by atoms with E-state index in [4.69, 9.17) is 5.11 Å². The van der Waals surface area contributed by atoms with Crippen molar-refractivity contribution in [3.63, 3.8) is 0 Å². The monoisotopic (exact) mass is 295 g/mol. The van der Waals surface area contributed by atoms with Crippen molar-refractivity contribution in [3.05, 3.63) is 29.3 Å². The van der Waals surface area contributed by atoms with E-state index in [0.717, 1.165) is 27.3 Å². The first-order valence-electron chi connectivity index (χ1n) is 6.11. The van der Waals surface area contributed by atoms with Gasteiger partial charge in [0.25, 0.3) is 0 Å². The molecule has 0 bridgehead atoms. The van der Waals surface area contributed by atoms with Crippen LogP contribution in [0.4, 0.5) is 10.8 Å². The minimum atomic E-state index is 0.222. The van der Waals surface area contributed by atoms with Crippen LogP contribution in [0.25, 0.3) is 0 Å². The number of anilines is 2. The lowest BCUT2D eigenvalue weighted by molar-refractivity contribution is 0.296. The van der Waals surface area contributed by atoms with Gasteiger partial charge < -0.3 is 10.4 Å². The fraction of sp³-hybridized carbons (Fsp3) is 0.385. The van der Waals surface area contributed by atoms with Crippen LogP contribution in [0, 0.1) is 13.8 Å². The first-order chi connectivity index (χ1) is 9.20. The summed E-state index contributed by atoms with van der Waals surface area (Å²) in [4.78, 5) is 0. The third kappa shape index (κ3) is 3.92. The van der Waals surface area contributed by atoms with E-state index in [0.29, 0.717) is 0 Å². The van der Waals surface area contributed by atoms with Crippen molar-refractivity contribution >= 4 is 33.9 Å². The van der Waals surface area contributed by atoms with Gasteiger partial charge in [0, 0.05) is 18.0 Å². The van der Waals surface area contributed by atoms with Crippen molar-refractivity contribution in [1.29, 1.82) is 0 Å². The van der Waals surface area contributed by atoms with Gasteiger partial charge in [-0.1, -0.05) is 35.2 Å². The Morgan fingerprint density at radius 1 is 1.32 bits per heavy atom.